The van der Waals surface area contributed by atoms with Gasteiger partial charge < -0.3 is 14.8 Å². The number of esters is 2. The first kappa shape index (κ1) is 18.1. The minimum Gasteiger partial charge on any atom is -0.465 e. The molecule has 2 aromatic carbocycles. The molecule has 0 unspecified atom stereocenters. The predicted octanol–water partition coefficient (Wildman–Crippen LogP) is 2.78. The first-order valence-electron chi connectivity index (χ1n) is 8.05. The lowest BCUT2D eigenvalue weighted by Crippen LogP contribution is -2.07. The maximum Gasteiger partial charge on any atom is 0.363 e. The molecule has 1 amide bonds. The summed E-state index contributed by atoms with van der Waals surface area (Å²) in [7, 11) is 1.31. The van der Waals surface area contributed by atoms with Gasteiger partial charge in [-0.1, -0.05) is 12.1 Å². The van der Waals surface area contributed by atoms with Crippen molar-refractivity contribution in [3.05, 3.63) is 70.9 Å². The summed E-state index contributed by atoms with van der Waals surface area (Å²) in [4.78, 5) is 38.8. The third kappa shape index (κ3) is 4.27. The zero-order chi connectivity index (χ0) is 19.4. The highest BCUT2D eigenvalue weighted by Crippen LogP contribution is 2.20. The first-order valence-corrected chi connectivity index (χ1v) is 8.05. The van der Waals surface area contributed by atoms with Crippen LogP contribution in [0.4, 0.5) is 5.69 Å². The van der Waals surface area contributed by atoms with Crippen LogP contribution in [-0.2, 0) is 19.1 Å². The van der Waals surface area contributed by atoms with E-state index >= 15 is 0 Å². The number of rotatable bonds is 4. The smallest absolute Gasteiger partial charge is 0.363 e. The highest BCUT2D eigenvalue weighted by Gasteiger charge is 2.24. The molecule has 1 heterocycles. The molecule has 0 saturated carbocycles. The summed E-state index contributed by atoms with van der Waals surface area (Å²) in [6, 6.07) is 13.4. The molecule has 7 heteroatoms. The van der Waals surface area contributed by atoms with Gasteiger partial charge in [0, 0.05) is 18.2 Å². The van der Waals surface area contributed by atoms with Crippen LogP contribution in [0.1, 0.15) is 28.4 Å². The molecule has 27 heavy (non-hydrogen) atoms. The van der Waals surface area contributed by atoms with Crippen molar-refractivity contribution in [3.63, 3.8) is 0 Å². The van der Waals surface area contributed by atoms with Gasteiger partial charge in [0.05, 0.1) is 12.7 Å². The fraction of sp³-hybridized carbons (Fsp3) is 0.100. The third-order valence-electron chi connectivity index (χ3n) is 3.71. The van der Waals surface area contributed by atoms with Crippen LogP contribution in [-0.4, -0.2) is 30.9 Å². The molecule has 0 saturated heterocycles. The molecule has 1 aliphatic heterocycles. The maximum atomic E-state index is 12.1. The van der Waals surface area contributed by atoms with Crippen LogP contribution in [0, 0.1) is 0 Å². The Morgan fingerprint density at radius 3 is 2.33 bits per heavy atom. The number of carbonyl (C=O) groups excluding carboxylic acids is 3. The van der Waals surface area contributed by atoms with Crippen molar-refractivity contribution in [1.82, 2.24) is 0 Å². The van der Waals surface area contributed by atoms with Crippen molar-refractivity contribution >= 4 is 35.5 Å². The SMILES string of the molecule is COC(=O)c1ccc(/C=C2/N=C(c3ccc(NC(C)=O)cc3)OC2=O)cc1. The lowest BCUT2D eigenvalue weighted by atomic mass is 10.1. The zero-order valence-electron chi connectivity index (χ0n) is 14.7. The Labute approximate surface area is 155 Å². The Kier molecular flexibility index (Phi) is 5.12. The number of aliphatic imine (C=N–C) groups is 1. The molecule has 3 rings (SSSR count). The molecule has 0 radical (unpaired) electrons. The molecular weight excluding hydrogens is 348 g/mol. The quantitative estimate of drug-likeness (QED) is 0.665. The Balaban J connectivity index is 1.80. The van der Waals surface area contributed by atoms with Gasteiger partial charge >= 0.3 is 11.9 Å². The van der Waals surface area contributed by atoms with E-state index in [9.17, 15) is 14.4 Å². The van der Waals surface area contributed by atoms with Crippen molar-refractivity contribution in [1.29, 1.82) is 0 Å². The Hall–Kier alpha value is -3.74. The number of benzene rings is 2. The fourth-order valence-corrected chi connectivity index (χ4v) is 2.42. The largest absolute Gasteiger partial charge is 0.465 e. The lowest BCUT2D eigenvalue weighted by Gasteiger charge is -2.03. The van der Waals surface area contributed by atoms with E-state index in [2.05, 4.69) is 15.0 Å². The number of cyclic esters (lactones) is 1. The van der Waals surface area contributed by atoms with Gasteiger partial charge in [0.2, 0.25) is 11.8 Å². The van der Waals surface area contributed by atoms with Crippen LogP contribution in [0.5, 0.6) is 0 Å². The Morgan fingerprint density at radius 2 is 1.74 bits per heavy atom. The Bertz CT molecular complexity index is 957. The fourth-order valence-electron chi connectivity index (χ4n) is 2.42. The van der Waals surface area contributed by atoms with E-state index in [0.717, 1.165) is 0 Å². The van der Waals surface area contributed by atoms with Gasteiger partial charge in [0.25, 0.3) is 0 Å². The van der Waals surface area contributed by atoms with Crippen LogP contribution < -0.4 is 5.32 Å². The van der Waals surface area contributed by atoms with Crippen LogP contribution in [0.15, 0.2) is 59.2 Å². The van der Waals surface area contributed by atoms with Crippen LogP contribution in [0.2, 0.25) is 0 Å². The summed E-state index contributed by atoms with van der Waals surface area (Å²) in [6.07, 6.45) is 1.57. The maximum absolute atomic E-state index is 12.1. The number of carbonyl (C=O) groups is 3. The standard InChI is InChI=1S/C20H16N2O5/c1-12(23)21-16-9-7-14(8-10-16)18-22-17(20(25)27-18)11-13-3-5-15(6-4-13)19(24)26-2/h3-11H,1-2H3,(H,21,23)/b17-11+. The summed E-state index contributed by atoms with van der Waals surface area (Å²) in [6.45, 7) is 1.42. The number of amides is 1. The van der Waals surface area contributed by atoms with Crippen molar-refractivity contribution < 1.29 is 23.9 Å². The molecule has 2 aromatic rings. The van der Waals surface area contributed by atoms with Crippen molar-refractivity contribution in [2.75, 3.05) is 12.4 Å². The molecular formula is C20H16N2O5. The highest BCUT2D eigenvalue weighted by atomic mass is 16.6. The van der Waals surface area contributed by atoms with Gasteiger partial charge in [-0.2, -0.15) is 0 Å². The average molecular weight is 364 g/mol. The molecule has 1 N–H and O–H groups in total. The molecule has 0 fully saturated rings. The van der Waals surface area contributed by atoms with Gasteiger partial charge in [0.15, 0.2) is 5.70 Å². The summed E-state index contributed by atoms with van der Waals surface area (Å²) in [5.74, 6) is -0.979. The second-order valence-electron chi connectivity index (χ2n) is 5.71. The number of hydrogen-bond donors (Lipinski definition) is 1. The van der Waals surface area contributed by atoms with Gasteiger partial charge in [-0.15, -0.1) is 0 Å². The van der Waals surface area contributed by atoms with Crippen LogP contribution in [0.25, 0.3) is 6.08 Å². The van der Waals surface area contributed by atoms with E-state index < -0.39 is 11.9 Å². The van der Waals surface area contributed by atoms with Gasteiger partial charge in [-0.05, 0) is 48.0 Å². The normalized spacial score (nSPS) is 14.5. The molecule has 0 atom stereocenters. The van der Waals surface area contributed by atoms with Gasteiger partial charge in [0.1, 0.15) is 0 Å². The van der Waals surface area contributed by atoms with E-state index in [-0.39, 0.29) is 17.5 Å². The number of ether oxygens (including phenoxy) is 2. The molecule has 136 valence electrons. The molecule has 0 spiro atoms. The second-order valence-corrected chi connectivity index (χ2v) is 5.71. The van der Waals surface area contributed by atoms with E-state index in [1.54, 1.807) is 54.6 Å². The number of nitrogens with zero attached hydrogens (tertiary/aromatic N) is 1. The monoisotopic (exact) mass is 364 g/mol. The minimum atomic E-state index is -0.562. The minimum absolute atomic E-state index is 0.154. The molecule has 1 aliphatic rings. The number of nitrogens with one attached hydrogen (secondary N) is 1. The second kappa shape index (κ2) is 7.65. The van der Waals surface area contributed by atoms with Gasteiger partial charge in [-0.25, -0.2) is 14.6 Å². The number of anilines is 1. The van der Waals surface area contributed by atoms with E-state index in [4.69, 9.17) is 4.74 Å². The van der Waals surface area contributed by atoms with E-state index in [1.807, 2.05) is 0 Å². The molecule has 0 aromatic heterocycles. The Morgan fingerprint density at radius 1 is 1.07 bits per heavy atom. The first-order chi connectivity index (χ1) is 13.0. The van der Waals surface area contributed by atoms with Crippen molar-refractivity contribution in [2.45, 2.75) is 6.92 Å². The van der Waals surface area contributed by atoms with Gasteiger partial charge in [-0.3, -0.25) is 4.79 Å². The summed E-state index contributed by atoms with van der Waals surface area (Å²) in [5.41, 5.74) is 2.51. The lowest BCUT2D eigenvalue weighted by molar-refractivity contribution is -0.129. The topological polar surface area (TPSA) is 94.1 Å². The molecule has 0 bridgehead atoms. The summed E-state index contributed by atoms with van der Waals surface area (Å²) in [5, 5.41) is 2.66. The molecule has 7 nitrogen and oxygen atoms in total. The number of hydrogen-bond acceptors (Lipinski definition) is 6. The highest BCUT2D eigenvalue weighted by molar-refractivity contribution is 6.13. The van der Waals surface area contributed by atoms with Crippen LogP contribution >= 0.6 is 0 Å². The van der Waals surface area contributed by atoms with E-state index in [1.165, 1.54) is 14.0 Å². The van der Waals surface area contributed by atoms with Crippen molar-refractivity contribution in [2.24, 2.45) is 4.99 Å². The van der Waals surface area contributed by atoms with Crippen LogP contribution in [0.3, 0.4) is 0 Å². The average Bonchev–Trinajstić information content (AvgIpc) is 3.02. The van der Waals surface area contributed by atoms with E-state index in [0.29, 0.717) is 22.4 Å². The zero-order valence-corrected chi connectivity index (χ0v) is 14.7. The number of methoxy groups -OCH3 is 1. The third-order valence-corrected chi connectivity index (χ3v) is 3.71. The van der Waals surface area contributed by atoms with Crippen molar-refractivity contribution in [3.8, 4) is 0 Å². The summed E-state index contributed by atoms with van der Waals surface area (Å²) >= 11 is 0. The molecule has 0 aliphatic carbocycles. The predicted molar refractivity (Wildman–Crippen MR) is 99.1 cm³/mol. The summed E-state index contributed by atoms with van der Waals surface area (Å²) < 4.78 is 9.86.